The van der Waals surface area contributed by atoms with Crippen LogP contribution in [-0.4, -0.2) is 25.7 Å². The highest BCUT2D eigenvalue weighted by molar-refractivity contribution is 5.95. The van der Waals surface area contributed by atoms with E-state index in [-0.39, 0.29) is 17.0 Å². The Morgan fingerprint density at radius 1 is 1.47 bits per heavy atom. The van der Waals surface area contributed by atoms with E-state index in [9.17, 15) is 18.0 Å². The lowest BCUT2D eigenvalue weighted by molar-refractivity contribution is -0.153. The van der Waals surface area contributed by atoms with E-state index >= 15 is 0 Å². The van der Waals surface area contributed by atoms with Crippen molar-refractivity contribution in [2.45, 2.75) is 6.18 Å². The Kier molecular flexibility index (Phi) is 3.82. The van der Waals surface area contributed by atoms with Gasteiger partial charge in [-0.15, -0.1) is 0 Å². The SMILES string of the molecule is CNC(=O)c1ccc(N)c(OCC(F)(F)F)c1. The van der Waals surface area contributed by atoms with Crippen LogP contribution in [0.3, 0.4) is 0 Å². The van der Waals surface area contributed by atoms with Crippen LogP contribution in [0, 0.1) is 0 Å². The molecular formula is C10H11F3N2O2. The summed E-state index contributed by atoms with van der Waals surface area (Å²) in [5.74, 6) is -0.592. The average Bonchev–Trinajstić information content (AvgIpc) is 2.26. The minimum Gasteiger partial charge on any atom is -0.482 e. The maximum absolute atomic E-state index is 12.0. The van der Waals surface area contributed by atoms with Crippen molar-refractivity contribution in [3.8, 4) is 5.75 Å². The van der Waals surface area contributed by atoms with Crippen molar-refractivity contribution >= 4 is 11.6 Å². The monoisotopic (exact) mass is 248 g/mol. The zero-order valence-electron chi connectivity index (χ0n) is 8.97. The zero-order chi connectivity index (χ0) is 13.1. The molecule has 0 saturated heterocycles. The summed E-state index contributed by atoms with van der Waals surface area (Å²) in [5.41, 5.74) is 5.66. The molecule has 0 spiro atoms. The maximum Gasteiger partial charge on any atom is 0.422 e. The predicted octanol–water partition coefficient (Wildman–Crippen LogP) is 1.57. The number of halogens is 3. The second kappa shape index (κ2) is 4.94. The van der Waals surface area contributed by atoms with Gasteiger partial charge < -0.3 is 15.8 Å². The van der Waals surface area contributed by atoms with Crippen LogP contribution in [0.4, 0.5) is 18.9 Å². The van der Waals surface area contributed by atoms with E-state index in [0.717, 1.165) is 0 Å². The zero-order valence-corrected chi connectivity index (χ0v) is 8.97. The van der Waals surface area contributed by atoms with E-state index < -0.39 is 18.7 Å². The fraction of sp³-hybridized carbons (Fsp3) is 0.300. The number of nitrogen functional groups attached to an aromatic ring is 1. The van der Waals surface area contributed by atoms with Crippen LogP contribution < -0.4 is 15.8 Å². The number of anilines is 1. The molecule has 7 heteroatoms. The van der Waals surface area contributed by atoms with Crippen molar-refractivity contribution in [2.75, 3.05) is 19.4 Å². The van der Waals surface area contributed by atoms with Crippen molar-refractivity contribution in [3.05, 3.63) is 23.8 Å². The quantitative estimate of drug-likeness (QED) is 0.798. The molecule has 1 amide bonds. The summed E-state index contributed by atoms with van der Waals surface area (Å²) in [5, 5.41) is 2.34. The third-order valence-corrected chi connectivity index (χ3v) is 1.89. The van der Waals surface area contributed by atoms with Crippen LogP contribution in [0.2, 0.25) is 0 Å². The molecule has 0 atom stereocenters. The normalized spacial score (nSPS) is 11.1. The molecule has 0 aliphatic carbocycles. The van der Waals surface area contributed by atoms with Crippen molar-refractivity contribution in [1.29, 1.82) is 0 Å². The lowest BCUT2D eigenvalue weighted by atomic mass is 10.2. The molecule has 0 aliphatic heterocycles. The van der Waals surface area contributed by atoms with Gasteiger partial charge in [0, 0.05) is 12.6 Å². The molecular weight excluding hydrogens is 237 g/mol. The summed E-state index contributed by atoms with van der Waals surface area (Å²) in [6.45, 7) is -1.45. The molecule has 0 radical (unpaired) electrons. The molecule has 0 fully saturated rings. The Morgan fingerprint density at radius 3 is 2.65 bits per heavy atom. The van der Waals surface area contributed by atoms with E-state index in [4.69, 9.17) is 5.73 Å². The molecule has 4 nitrogen and oxygen atoms in total. The molecule has 0 aliphatic rings. The molecule has 0 aromatic heterocycles. The summed E-state index contributed by atoms with van der Waals surface area (Å²) >= 11 is 0. The molecule has 94 valence electrons. The summed E-state index contributed by atoms with van der Waals surface area (Å²) in [6, 6.07) is 3.88. The van der Waals surface area contributed by atoms with E-state index in [2.05, 4.69) is 10.1 Å². The van der Waals surface area contributed by atoms with Gasteiger partial charge in [0.05, 0.1) is 5.69 Å². The average molecular weight is 248 g/mol. The first-order valence-electron chi connectivity index (χ1n) is 4.64. The van der Waals surface area contributed by atoms with Crippen LogP contribution in [0.15, 0.2) is 18.2 Å². The topological polar surface area (TPSA) is 64.4 Å². The predicted molar refractivity (Wildman–Crippen MR) is 55.8 cm³/mol. The van der Waals surface area contributed by atoms with Crippen LogP contribution >= 0.6 is 0 Å². The minimum atomic E-state index is -4.45. The largest absolute Gasteiger partial charge is 0.482 e. The van der Waals surface area contributed by atoms with E-state index in [0.29, 0.717) is 0 Å². The van der Waals surface area contributed by atoms with Gasteiger partial charge >= 0.3 is 6.18 Å². The number of nitrogens with one attached hydrogen (secondary N) is 1. The Hall–Kier alpha value is -1.92. The highest BCUT2D eigenvalue weighted by atomic mass is 19.4. The van der Waals surface area contributed by atoms with Gasteiger partial charge in [0.1, 0.15) is 5.75 Å². The smallest absolute Gasteiger partial charge is 0.422 e. The second-order valence-corrected chi connectivity index (χ2v) is 3.24. The van der Waals surface area contributed by atoms with Gasteiger partial charge in [-0.05, 0) is 18.2 Å². The number of rotatable bonds is 3. The first-order valence-corrected chi connectivity index (χ1v) is 4.64. The Balaban J connectivity index is 2.87. The summed E-state index contributed by atoms with van der Waals surface area (Å²) < 4.78 is 40.4. The van der Waals surface area contributed by atoms with Gasteiger partial charge in [0.15, 0.2) is 6.61 Å². The molecule has 0 heterocycles. The number of carbonyl (C=O) groups is 1. The van der Waals surface area contributed by atoms with Crippen LogP contribution in [0.1, 0.15) is 10.4 Å². The Labute approximate surface area is 95.6 Å². The molecule has 1 rings (SSSR count). The number of nitrogens with two attached hydrogens (primary N) is 1. The molecule has 17 heavy (non-hydrogen) atoms. The molecule has 0 bridgehead atoms. The lowest BCUT2D eigenvalue weighted by Crippen LogP contribution is -2.21. The van der Waals surface area contributed by atoms with Crippen LogP contribution in [0.5, 0.6) is 5.75 Å². The third kappa shape index (κ3) is 3.86. The molecule has 3 N–H and O–H groups in total. The Morgan fingerprint density at radius 2 is 2.12 bits per heavy atom. The standard InChI is InChI=1S/C10H11F3N2O2/c1-15-9(16)6-2-3-7(14)8(4-6)17-5-10(11,12)13/h2-4H,5,14H2,1H3,(H,15,16). The first kappa shape index (κ1) is 13.1. The fourth-order valence-corrected chi connectivity index (χ4v) is 1.10. The minimum absolute atomic E-state index is 0.0434. The van der Waals surface area contributed by atoms with Crippen molar-refractivity contribution < 1.29 is 22.7 Å². The number of alkyl halides is 3. The van der Waals surface area contributed by atoms with Crippen molar-refractivity contribution in [1.82, 2.24) is 5.32 Å². The number of hydrogen-bond acceptors (Lipinski definition) is 3. The molecule has 1 aromatic carbocycles. The van der Waals surface area contributed by atoms with Crippen molar-refractivity contribution in [2.24, 2.45) is 0 Å². The van der Waals surface area contributed by atoms with E-state index in [1.165, 1.54) is 25.2 Å². The van der Waals surface area contributed by atoms with Gasteiger partial charge in [0.2, 0.25) is 0 Å². The van der Waals surface area contributed by atoms with Gasteiger partial charge in [-0.2, -0.15) is 13.2 Å². The third-order valence-electron chi connectivity index (χ3n) is 1.89. The summed E-state index contributed by atoms with van der Waals surface area (Å²) in [4.78, 5) is 11.2. The number of ether oxygens (including phenoxy) is 1. The highest BCUT2D eigenvalue weighted by Crippen LogP contribution is 2.25. The molecule has 1 aromatic rings. The fourth-order valence-electron chi connectivity index (χ4n) is 1.10. The summed E-state index contributed by atoms with van der Waals surface area (Å²) in [7, 11) is 1.41. The number of hydrogen-bond donors (Lipinski definition) is 2. The maximum atomic E-state index is 12.0. The van der Waals surface area contributed by atoms with Crippen molar-refractivity contribution in [3.63, 3.8) is 0 Å². The first-order chi connectivity index (χ1) is 7.83. The van der Waals surface area contributed by atoms with Gasteiger partial charge in [-0.3, -0.25) is 4.79 Å². The highest BCUT2D eigenvalue weighted by Gasteiger charge is 2.28. The van der Waals surface area contributed by atoms with E-state index in [1.54, 1.807) is 0 Å². The molecule has 0 unspecified atom stereocenters. The van der Waals surface area contributed by atoms with Gasteiger partial charge in [-0.1, -0.05) is 0 Å². The molecule has 0 saturated carbocycles. The Bertz CT molecular complexity index is 419. The van der Waals surface area contributed by atoms with Crippen LogP contribution in [-0.2, 0) is 0 Å². The number of benzene rings is 1. The number of carbonyl (C=O) groups excluding carboxylic acids is 1. The van der Waals surface area contributed by atoms with Gasteiger partial charge in [-0.25, -0.2) is 0 Å². The summed E-state index contributed by atoms with van der Waals surface area (Å²) in [6.07, 6.45) is -4.45. The lowest BCUT2D eigenvalue weighted by Gasteiger charge is -2.12. The number of amides is 1. The second-order valence-electron chi connectivity index (χ2n) is 3.24. The van der Waals surface area contributed by atoms with Crippen LogP contribution in [0.25, 0.3) is 0 Å². The van der Waals surface area contributed by atoms with Gasteiger partial charge in [0.25, 0.3) is 5.91 Å². The van der Waals surface area contributed by atoms with E-state index in [1.807, 2.05) is 0 Å².